The Morgan fingerprint density at radius 1 is 1.17 bits per heavy atom. The summed E-state index contributed by atoms with van der Waals surface area (Å²) in [6, 6.07) is 8.55. The minimum Gasteiger partial charge on any atom is -0.452 e. The van der Waals surface area contributed by atoms with Gasteiger partial charge in [-0.2, -0.15) is 0 Å². The van der Waals surface area contributed by atoms with E-state index in [1.807, 2.05) is 6.92 Å². The average Bonchev–Trinajstić information content (AvgIpc) is 3.04. The first-order chi connectivity index (χ1) is 11.4. The van der Waals surface area contributed by atoms with Gasteiger partial charge in [0.1, 0.15) is 12.3 Å². The molecule has 124 valence electrons. The summed E-state index contributed by atoms with van der Waals surface area (Å²) in [6.07, 6.45) is 0. The molecule has 2 heterocycles. The van der Waals surface area contributed by atoms with E-state index in [0.717, 1.165) is 10.5 Å². The Balaban J connectivity index is 1.71. The van der Waals surface area contributed by atoms with Gasteiger partial charge in [0.15, 0.2) is 4.67 Å². The van der Waals surface area contributed by atoms with Gasteiger partial charge in [0.25, 0.3) is 11.8 Å². The van der Waals surface area contributed by atoms with E-state index >= 15 is 0 Å². The van der Waals surface area contributed by atoms with E-state index in [9.17, 15) is 14.4 Å². The molecule has 3 rings (SSSR count). The summed E-state index contributed by atoms with van der Waals surface area (Å²) in [6.45, 7) is 1.82. The van der Waals surface area contributed by atoms with E-state index in [2.05, 4.69) is 15.9 Å². The highest BCUT2D eigenvalue weighted by atomic mass is 79.9. The molecule has 2 aromatic rings. The van der Waals surface area contributed by atoms with Crippen LogP contribution >= 0.6 is 15.9 Å². The van der Waals surface area contributed by atoms with Crippen LogP contribution in [-0.2, 0) is 11.3 Å². The molecular weight excluding hydrogens is 376 g/mol. The molecule has 0 N–H and O–H groups in total. The highest BCUT2D eigenvalue weighted by Gasteiger charge is 2.37. The van der Waals surface area contributed by atoms with Gasteiger partial charge in [0.2, 0.25) is 5.91 Å². The van der Waals surface area contributed by atoms with Crippen molar-refractivity contribution in [3.8, 4) is 0 Å². The number of furan rings is 1. The van der Waals surface area contributed by atoms with Crippen molar-refractivity contribution in [2.45, 2.75) is 13.5 Å². The summed E-state index contributed by atoms with van der Waals surface area (Å²) in [5, 5.41) is 0. The number of halogens is 1. The third kappa shape index (κ3) is 2.99. The van der Waals surface area contributed by atoms with Gasteiger partial charge in [-0.15, -0.1) is 0 Å². The minimum atomic E-state index is -0.433. The van der Waals surface area contributed by atoms with Crippen LogP contribution in [0.3, 0.4) is 0 Å². The van der Waals surface area contributed by atoms with Crippen molar-refractivity contribution >= 4 is 33.7 Å². The third-order valence-electron chi connectivity index (χ3n) is 3.87. The lowest BCUT2D eigenvalue weighted by Crippen LogP contribution is -2.40. The summed E-state index contributed by atoms with van der Waals surface area (Å²) in [7, 11) is 1.60. The average molecular weight is 391 g/mol. The molecule has 1 aliphatic heterocycles. The number of hydrogen-bond acceptors (Lipinski definition) is 4. The van der Waals surface area contributed by atoms with Crippen LogP contribution in [0.1, 0.15) is 32.0 Å². The maximum absolute atomic E-state index is 12.4. The SMILES string of the molecule is Cc1ccc2c(c1)C(=O)N(CC(=O)N(C)Cc1ccc(Br)o1)C2=O. The molecular formula is C17H15BrN2O4. The van der Waals surface area contributed by atoms with E-state index in [0.29, 0.717) is 21.6 Å². The van der Waals surface area contributed by atoms with Crippen molar-refractivity contribution < 1.29 is 18.8 Å². The number of carbonyl (C=O) groups excluding carboxylic acids is 3. The van der Waals surface area contributed by atoms with Crippen LogP contribution in [0.25, 0.3) is 0 Å². The zero-order valence-electron chi connectivity index (χ0n) is 13.2. The van der Waals surface area contributed by atoms with Crippen molar-refractivity contribution in [1.82, 2.24) is 9.80 Å². The number of benzene rings is 1. The van der Waals surface area contributed by atoms with Crippen LogP contribution < -0.4 is 0 Å². The number of imide groups is 1. The molecule has 0 spiro atoms. The molecule has 1 aliphatic rings. The second-order valence-corrected chi connectivity index (χ2v) is 6.48. The fourth-order valence-electron chi connectivity index (χ4n) is 2.56. The topological polar surface area (TPSA) is 70.8 Å². The molecule has 24 heavy (non-hydrogen) atoms. The Bertz CT molecular complexity index is 843. The zero-order valence-corrected chi connectivity index (χ0v) is 14.8. The van der Waals surface area contributed by atoms with Crippen molar-refractivity contribution in [1.29, 1.82) is 0 Å². The van der Waals surface area contributed by atoms with Crippen LogP contribution in [0, 0.1) is 6.92 Å². The number of fused-ring (bicyclic) bond motifs is 1. The number of rotatable bonds is 4. The lowest BCUT2D eigenvalue weighted by Gasteiger charge is -2.19. The molecule has 3 amide bonds. The first kappa shape index (κ1) is 16.4. The van der Waals surface area contributed by atoms with Gasteiger partial charge >= 0.3 is 0 Å². The quantitative estimate of drug-likeness (QED) is 0.752. The second-order valence-electron chi connectivity index (χ2n) is 5.70. The fraction of sp³-hybridized carbons (Fsp3) is 0.235. The van der Waals surface area contributed by atoms with Gasteiger partial charge < -0.3 is 9.32 Å². The van der Waals surface area contributed by atoms with Crippen LogP contribution in [0.5, 0.6) is 0 Å². The van der Waals surface area contributed by atoms with Gasteiger partial charge in [0, 0.05) is 7.05 Å². The molecule has 0 atom stereocenters. The number of carbonyl (C=O) groups is 3. The Kier molecular flexibility index (Phi) is 4.28. The molecule has 0 radical (unpaired) electrons. The Morgan fingerprint density at radius 2 is 1.88 bits per heavy atom. The number of aryl methyl sites for hydroxylation is 1. The van der Waals surface area contributed by atoms with Crippen molar-refractivity contribution in [3.05, 3.63) is 57.5 Å². The van der Waals surface area contributed by atoms with Gasteiger partial charge in [-0.3, -0.25) is 19.3 Å². The summed E-state index contributed by atoms with van der Waals surface area (Å²) >= 11 is 3.20. The molecule has 0 saturated heterocycles. The van der Waals surface area contributed by atoms with Crippen LogP contribution in [-0.4, -0.2) is 41.1 Å². The van der Waals surface area contributed by atoms with E-state index in [-0.39, 0.29) is 19.0 Å². The summed E-state index contributed by atoms with van der Waals surface area (Å²) in [5.74, 6) is -0.594. The predicted octanol–water partition coefficient (Wildman–Crippen LogP) is 2.61. The summed E-state index contributed by atoms with van der Waals surface area (Å²) in [5.41, 5.74) is 1.59. The summed E-state index contributed by atoms with van der Waals surface area (Å²) < 4.78 is 5.93. The molecule has 0 unspecified atom stereocenters. The first-order valence-corrected chi connectivity index (χ1v) is 8.11. The molecule has 0 aliphatic carbocycles. The lowest BCUT2D eigenvalue weighted by molar-refractivity contribution is -0.130. The number of hydrogen-bond donors (Lipinski definition) is 0. The first-order valence-electron chi connectivity index (χ1n) is 7.32. The maximum Gasteiger partial charge on any atom is 0.262 e. The second kappa shape index (κ2) is 6.24. The van der Waals surface area contributed by atoms with Gasteiger partial charge in [0.05, 0.1) is 17.7 Å². The monoisotopic (exact) mass is 390 g/mol. The normalized spacial score (nSPS) is 13.4. The largest absolute Gasteiger partial charge is 0.452 e. The predicted molar refractivity (Wildman–Crippen MR) is 89.4 cm³/mol. The number of likely N-dealkylation sites (N-methyl/N-ethyl adjacent to an activating group) is 1. The standard InChI is InChI=1S/C17H15BrN2O4/c1-10-3-5-12-13(7-10)17(23)20(16(12)22)9-15(21)19(2)8-11-4-6-14(18)24-11/h3-7H,8-9H2,1-2H3. The van der Waals surface area contributed by atoms with Gasteiger partial charge in [-0.05, 0) is 47.1 Å². The minimum absolute atomic E-state index is 0.257. The summed E-state index contributed by atoms with van der Waals surface area (Å²) in [4.78, 5) is 39.5. The molecule has 0 bridgehead atoms. The van der Waals surface area contributed by atoms with E-state index in [1.165, 1.54) is 4.90 Å². The molecule has 7 heteroatoms. The number of nitrogens with zero attached hydrogens (tertiary/aromatic N) is 2. The Morgan fingerprint density at radius 3 is 2.54 bits per heavy atom. The van der Waals surface area contributed by atoms with E-state index in [4.69, 9.17) is 4.42 Å². The van der Waals surface area contributed by atoms with E-state index in [1.54, 1.807) is 37.4 Å². The van der Waals surface area contributed by atoms with Crippen LogP contribution in [0.4, 0.5) is 0 Å². The zero-order chi connectivity index (χ0) is 17.4. The molecule has 0 saturated carbocycles. The van der Waals surface area contributed by atoms with Crippen molar-refractivity contribution in [2.75, 3.05) is 13.6 Å². The Hall–Kier alpha value is -2.41. The lowest BCUT2D eigenvalue weighted by atomic mass is 10.1. The highest BCUT2D eigenvalue weighted by molar-refractivity contribution is 9.10. The van der Waals surface area contributed by atoms with Crippen molar-refractivity contribution in [3.63, 3.8) is 0 Å². The van der Waals surface area contributed by atoms with E-state index < -0.39 is 11.8 Å². The van der Waals surface area contributed by atoms with Gasteiger partial charge in [-0.25, -0.2) is 0 Å². The molecule has 6 nitrogen and oxygen atoms in total. The fourth-order valence-corrected chi connectivity index (χ4v) is 2.90. The highest BCUT2D eigenvalue weighted by Crippen LogP contribution is 2.24. The molecule has 1 aromatic heterocycles. The smallest absolute Gasteiger partial charge is 0.262 e. The van der Waals surface area contributed by atoms with Crippen LogP contribution in [0.15, 0.2) is 39.4 Å². The third-order valence-corrected chi connectivity index (χ3v) is 4.29. The van der Waals surface area contributed by atoms with Crippen LogP contribution in [0.2, 0.25) is 0 Å². The number of amides is 3. The maximum atomic E-state index is 12.4. The van der Waals surface area contributed by atoms with Crippen molar-refractivity contribution in [2.24, 2.45) is 0 Å². The van der Waals surface area contributed by atoms with Gasteiger partial charge in [-0.1, -0.05) is 11.6 Å². The molecule has 0 fully saturated rings. The Labute approximate surface area is 147 Å². The molecule has 1 aromatic carbocycles.